The lowest BCUT2D eigenvalue weighted by Crippen LogP contribution is -2.39. The minimum absolute atomic E-state index is 0.140. The largest absolute Gasteiger partial charge is 0.481 e. The Morgan fingerprint density at radius 2 is 2.05 bits per heavy atom. The van der Waals surface area contributed by atoms with Crippen molar-refractivity contribution in [2.75, 3.05) is 6.54 Å². The molecule has 1 amide bonds. The number of carbonyl (C=O) groups is 2. The molecule has 0 bridgehead atoms. The number of hydrogen-bond acceptors (Lipinski definition) is 2. The first-order valence-electron chi connectivity index (χ1n) is 6.63. The SMILES string of the molecule is O=C(O)C[C@H]1CNC(=O)c2cc(-c3ccc(F)c(F)c3)cn21. The molecule has 0 unspecified atom stereocenters. The maximum absolute atomic E-state index is 13.3. The van der Waals surface area contributed by atoms with E-state index in [-0.39, 0.29) is 18.9 Å². The van der Waals surface area contributed by atoms with Crippen molar-refractivity contribution in [3.8, 4) is 11.1 Å². The number of halogens is 2. The van der Waals surface area contributed by atoms with Gasteiger partial charge in [0, 0.05) is 18.3 Å². The Kier molecular flexibility index (Phi) is 3.40. The molecule has 0 radical (unpaired) electrons. The van der Waals surface area contributed by atoms with Gasteiger partial charge in [0.15, 0.2) is 11.6 Å². The first-order valence-corrected chi connectivity index (χ1v) is 6.63. The summed E-state index contributed by atoms with van der Waals surface area (Å²) in [4.78, 5) is 22.8. The number of carbonyl (C=O) groups excluding carboxylic acids is 1. The Bertz CT molecular complexity index is 770. The average molecular weight is 306 g/mol. The van der Waals surface area contributed by atoms with Gasteiger partial charge in [0.2, 0.25) is 0 Å². The molecule has 1 aliphatic heterocycles. The third-order valence-corrected chi connectivity index (χ3v) is 3.64. The summed E-state index contributed by atoms with van der Waals surface area (Å²) in [5, 5.41) is 11.6. The fraction of sp³-hybridized carbons (Fsp3) is 0.200. The molecule has 3 rings (SSSR count). The molecule has 0 fully saturated rings. The summed E-state index contributed by atoms with van der Waals surface area (Å²) in [5.41, 5.74) is 1.25. The van der Waals surface area contributed by atoms with E-state index in [1.807, 2.05) is 0 Å². The van der Waals surface area contributed by atoms with Crippen LogP contribution in [0.5, 0.6) is 0 Å². The standard InChI is InChI=1S/C15H12F2N2O3/c16-11-2-1-8(3-12(11)17)9-4-13-15(22)18-6-10(5-14(20)21)19(13)7-9/h1-4,7,10H,5-6H2,(H,18,22)(H,20,21)/t10-/m0/s1. The molecule has 7 heteroatoms. The highest BCUT2D eigenvalue weighted by molar-refractivity contribution is 5.95. The van der Waals surface area contributed by atoms with Crippen molar-refractivity contribution in [2.24, 2.45) is 0 Å². The number of hydrogen-bond donors (Lipinski definition) is 2. The summed E-state index contributed by atoms with van der Waals surface area (Å²) >= 11 is 0. The number of aromatic nitrogens is 1. The molecule has 1 aliphatic rings. The lowest BCUT2D eigenvalue weighted by molar-refractivity contribution is -0.137. The molecule has 1 aromatic heterocycles. The van der Waals surface area contributed by atoms with Crippen LogP contribution >= 0.6 is 0 Å². The van der Waals surface area contributed by atoms with Crippen LogP contribution in [-0.4, -0.2) is 28.1 Å². The Balaban J connectivity index is 2.03. The smallest absolute Gasteiger partial charge is 0.305 e. The van der Waals surface area contributed by atoms with Gasteiger partial charge in [0.1, 0.15) is 5.69 Å². The second-order valence-electron chi connectivity index (χ2n) is 5.11. The van der Waals surface area contributed by atoms with Crippen molar-refractivity contribution in [2.45, 2.75) is 12.5 Å². The number of carboxylic acid groups (broad SMARTS) is 1. The quantitative estimate of drug-likeness (QED) is 0.913. The monoisotopic (exact) mass is 306 g/mol. The van der Waals surface area contributed by atoms with E-state index in [0.717, 1.165) is 12.1 Å². The van der Waals surface area contributed by atoms with Crippen molar-refractivity contribution in [3.05, 3.63) is 47.8 Å². The van der Waals surface area contributed by atoms with Gasteiger partial charge in [0.25, 0.3) is 5.91 Å². The third-order valence-electron chi connectivity index (χ3n) is 3.64. The van der Waals surface area contributed by atoms with Crippen LogP contribution in [0.25, 0.3) is 11.1 Å². The molecule has 2 heterocycles. The van der Waals surface area contributed by atoms with Crippen molar-refractivity contribution in [1.82, 2.24) is 9.88 Å². The number of benzene rings is 1. The highest BCUT2D eigenvalue weighted by Crippen LogP contribution is 2.28. The zero-order valence-corrected chi connectivity index (χ0v) is 11.3. The van der Waals surface area contributed by atoms with Gasteiger partial charge in [-0.3, -0.25) is 9.59 Å². The van der Waals surface area contributed by atoms with Crippen LogP contribution < -0.4 is 5.32 Å². The molecular weight excluding hydrogens is 294 g/mol. The number of nitrogens with one attached hydrogen (secondary N) is 1. The molecule has 114 valence electrons. The molecule has 0 spiro atoms. The number of carboxylic acids is 1. The zero-order valence-electron chi connectivity index (χ0n) is 11.3. The second kappa shape index (κ2) is 5.25. The summed E-state index contributed by atoms with van der Waals surface area (Å²) < 4.78 is 27.9. The fourth-order valence-electron chi connectivity index (χ4n) is 2.57. The first-order chi connectivity index (χ1) is 10.5. The molecule has 0 saturated carbocycles. The van der Waals surface area contributed by atoms with Crippen LogP contribution in [0.1, 0.15) is 23.0 Å². The van der Waals surface area contributed by atoms with Gasteiger partial charge in [-0.2, -0.15) is 0 Å². The lowest BCUT2D eigenvalue weighted by Gasteiger charge is -2.25. The van der Waals surface area contributed by atoms with Gasteiger partial charge >= 0.3 is 5.97 Å². The second-order valence-corrected chi connectivity index (χ2v) is 5.11. The summed E-state index contributed by atoms with van der Waals surface area (Å²) in [6.07, 6.45) is 1.45. The minimum Gasteiger partial charge on any atom is -0.481 e. The Morgan fingerprint density at radius 3 is 2.73 bits per heavy atom. The number of nitrogens with zero attached hydrogens (tertiary/aromatic N) is 1. The molecule has 1 atom stereocenters. The van der Waals surface area contributed by atoms with Crippen LogP contribution in [0.15, 0.2) is 30.5 Å². The van der Waals surface area contributed by atoms with Crippen molar-refractivity contribution < 1.29 is 23.5 Å². The number of fused-ring (bicyclic) bond motifs is 1. The summed E-state index contributed by atoms with van der Waals surface area (Å²) in [6, 6.07) is 4.58. The lowest BCUT2D eigenvalue weighted by atomic mass is 10.1. The van der Waals surface area contributed by atoms with E-state index < -0.39 is 23.6 Å². The fourth-order valence-corrected chi connectivity index (χ4v) is 2.57. The van der Waals surface area contributed by atoms with Gasteiger partial charge < -0.3 is 15.0 Å². The minimum atomic E-state index is -0.979. The van der Waals surface area contributed by atoms with Crippen LogP contribution in [0, 0.1) is 11.6 Å². The van der Waals surface area contributed by atoms with E-state index in [2.05, 4.69) is 5.32 Å². The van der Waals surface area contributed by atoms with E-state index in [4.69, 9.17) is 5.11 Å². The predicted molar refractivity (Wildman–Crippen MR) is 73.4 cm³/mol. The third kappa shape index (κ3) is 2.45. The number of aliphatic carboxylic acids is 1. The van der Waals surface area contributed by atoms with Crippen LogP contribution in [-0.2, 0) is 4.79 Å². The van der Waals surface area contributed by atoms with Crippen LogP contribution in [0.2, 0.25) is 0 Å². The molecule has 0 saturated heterocycles. The highest BCUT2D eigenvalue weighted by Gasteiger charge is 2.27. The molecule has 1 aromatic carbocycles. The maximum atomic E-state index is 13.3. The molecule has 2 N–H and O–H groups in total. The average Bonchev–Trinajstić information content (AvgIpc) is 2.91. The van der Waals surface area contributed by atoms with E-state index in [0.29, 0.717) is 16.8 Å². The molecular formula is C15H12F2N2O3. The van der Waals surface area contributed by atoms with Gasteiger partial charge in [-0.1, -0.05) is 6.07 Å². The van der Waals surface area contributed by atoms with E-state index in [1.54, 1.807) is 10.8 Å². The van der Waals surface area contributed by atoms with Gasteiger partial charge in [-0.25, -0.2) is 8.78 Å². The van der Waals surface area contributed by atoms with Crippen LogP contribution in [0.4, 0.5) is 8.78 Å². The summed E-state index contributed by atoms with van der Waals surface area (Å²) in [7, 11) is 0. The van der Waals surface area contributed by atoms with Gasteiger partial charge in [0.05, 0.1) is 12.5 Å². The number of amides is 1. The van der Waals surface area contributed by atoms with Crippen LogP contribution in [0.3, 0.4) is 0 Å². The molecule has 0 aliphatic carbocycles. The number of rotatable bonds is 3. The maximum Gasteiger partial charge on any atom is 0.305 e. The topological polar surface area (TPSA) is 71.3 Å². The molecule has 2 aromatic rings. The normalized spacial score (nSPS) is 17.0. The Labute approximate surface area is 124 Å². The zero-order chi connectivity index (χ0) is 15.9. The van der Waals surface area contributed by atoms with Crippen molar-refractivity contribution in [1.29, 1.82) is 0 Å². The predicted octanol–water partition coefficient (Wildman–Crippen LogP) is 2.19. The van der Waals surface area contributed by atoms with Crippen molar-refractivity contribution in [3.63, 3.8) is 0 Å². The van der Waals surface area contributed by atoms with E-state index in [1.165, 1.54) is 12.1 Å². The molecule has 22 heavy (non-hydrogen) atoms. The Hall–Kier alpha value is -2.70. The van der Waals surface area contributed by atoms with E-state index >= 15 is 0 Å². The van der Waals surface area contributed by atoms with Gasteiger partial charge in [-0.05, 0) is 23.8 Å². The Morgan fingerprint density at radius 1 is 1.27 bits per heavy atom. The highest BCUT2D eigenvalue weighted by atomic mass is 19.2. The first kappa shape index (κ1) is 14.2. The molecule has 5 nitrogen and oxygen atoms in total. The summed E-state index contributed by atoms with van der Waals surface area (Å²) in [6.45, 7) is 0.212. The van der Waals surface area contributed by atoms with Crippen molar-refractivity contribution >= 4 is 11.9 Å². The van der Waals surface area contributed by atoms with E-state index in [9.17, 15) is 18.4 Å². The summed E-state index contributed by atoms with van der Waals surface area (Å²) in [5.74, 6) is -3.23. The van der Waals surface area contributed by atoms with Gasteiger partial charge in [-0.15, -0.1) is 0 Å².